The fourth-order valence-electron chi connectivity index (χ4n) is 1.55. The van der Waals surface area contributed by atoms with Gasteiger partial charge in [-0.05, 0) is 18.6 Å². The van der Waals surface area contributed by atoms with Gasteiger partial charge >= 0.3 is 0 Å². The summed E-state index contributed by atoms with van der Waals surface area (Å²) in [6.45, 7) is 1.93. The van der Waals surface area contributed by atoms with E-state index in [2.05, 4.69) is 0 Å². The van der Waals surface area contributed by atoms with E-state index in [0.29, 0.717) is 22.9 Å². The third-order valence-electron chi connectivity index (χ3n) is 2.25. The molecule has 0 aromatic heterocycles. The van der Waals surface area contributed by atoms with Gasteiger partial charge in [-0.2, -0.15) is 0 Å². The molecule has 0 spiro atoms. The first-order valence-electron chi connectivity index (χ1n) is 4.66. The van der Waals surface area contributed by atoms with E-state index in [9.17, 15) is 0 Å². The van der Waals surface area contributed by atoms with Gasteiger partial charge in [0.1, 0.15) is 11.5 Å². The molecular weight excluding hydrogens is 216 g/mol. The Hall–Kier alpha value is -0.930. The van der Waals surface area contributed by atoms with Crippen molar-refractivity contribution < 1.29 is 14.6 Å². The molecule has 0 heterocycles. The van der Waals surface area contributed by atoms with Gasteiger partial charge in [0, 0.05) is 18.6 Å². The lowest BCUT2D eigenvalue weighted by Crippen LogP contribution is -2.00. The highest BCUT2D eigenvalue weighted by Gasteiger charge is 2.15. The van der Waals surface area contributed by atoms with Gasteiger partial charge in [-0.3, -0.25) is 0 Å². The molecule has 0 aliphatic rings. The molecule has 15 heavy (non-hydrogen) atoms. The summed E-state index contributed by atoms with van der Waals surface area (Å²) in [7, 11) is 3.15. The number of hydrogen-bond donors (Lipinski definition) is 1. The standard InChI is InChI=1S/C11H15ClO3/c1-7-6-9(14-2)8(4-5-13)10(12)11(7)15-3/h6,13H,4-5H2,1-3H3. The number of methoxy groups -OCH3 is 2. The van der Waals surface area contributed by atoms with Gasteiger partial charge in [-0.1, -0.05) is 11.6 Å². The predicted octanol–water partition coefficient (Wildman–Crippen LogP) is 2.20. The Morgan fingerprint density at radius 3 is 2.47 bits per heavy atom. The Bertz CT molecular complexity index is 350. The normalized spacial score (nSPS) is 10.2. The highest BCUT2D eigenvalue weighted by molar-refractivity contribution is 6.33. The summed E-state index contributed by atoms with van der Waals surface area (Å²) in [6.07, 6.45) is 0.457. The Morgan fingerprint density at radius 1 is 1.33 bits per heavy atom. The van der Waals surface area contributed by atoms with Crippen LogP contribution in [0, 0.1) is 6.92 Å². The second kappa shape index (κ2) is 5.24. The van der Waals surface area contributed by atoms with Gasteiger partial charge in [0.05, 0.1) is 19.2 Å². The van der Waals surface area contributed by atoms with Crippen LogP contribution >= 0.6 is 11.6 Å². The molecule has 0 bridgehead atoms. The summed E-state index contributed by atoms with van der Waals surface area (Å²) in [5.41, 5.74) is 1.70. The van der Waals surface area contributed by atoms with Crippen molar-refractivity contribution >= 4 is 11.6 Å². The second-order valence-electron chi connectivity index (χ2n) is 3.20. The lowest BCUT2D eigenvalue weighted by Gasteiger charge is -2.15. The van der Waals surface area contributed by atoms with Crippen LogP contribution in [-0.2, 0) is 6.42 Å². The average molecular weight is 231 g/mol. The van der Waals surface area contributed by atoms with Crippen LogP contribution in [0.1, 0.15) is 11.1 Å². The zero-order valence-electron chi connectivity index (χ0n) is 9.13. The Labute approximate surface area is 94.6 Å². The van der Waals surface area contributed by atoms with E-state index in [1.807, 2.05) is 13.0 Å². The van der Waals surface area contributed by atoms with E-state index in [0.717, 1.165) is 11.1 Å². The van der Waals surface area contributed by atoms with Gasteiger partial charge < -0.3 is 14.6 Å². The van der Waals surface area contributed by atoms with Crippen LogP contribution in [0.15, 0.2) is 6.07 Å². The highest BCUT2D eigenvalue weighted by atomic mass is 35.5. The molecule has 1 rings (SSSR count). The van der Waals surface area contributed by atoms with Crippen molar-refractivity contribution in [2.75, 3.05) is 20.8 Å². The smallest absolute Gasteiger partial charge is 0.140 e. The number of hydrogen-bond acceptors (Lipinski definition) is 3. The number of halogens is 1. The van der Waals surface area contributed by atoms with Crippen molar-refractivity contribution in [3.05, 3.63) is 22.2 Å². The molecule has 84 valence electrons. The minimum absolute atomic E-state index is 0.0301. The second-order valence-corrected chi connectivity index (χ2v) is 3.57. The maximum atomic E-state index is 8.94. The first-order valence-corrected chi connectivity index (χ1v) is 5.04. The molecule has 3 nitrogen and oxygen atoms in total. The molecule has 0 saturated carbocycles. The number of aliphatic hydroxyl groups excluding tert-OH is 1. The minimum Gasteiger partial charge on any atom is -0.496 e. The van der Waals surface area contributed by atoms with Crippen molar-refractivity contribution in [3.63, 3.8) is 0 Å². The largest absolute Gasteiger partial charge is 0.496 e. The highest BCUT2D eigenvalue weighted by Crippen LogP contribution is 2.37. The zero-order valence-corrected chi connectivity index (χ0v) is 9.89. The summed E-state index contributed by atoms with van der Waals surface area (Å²) >= 11 is 6.16. The van der Waals surface area contributed by atoms with Crippen LogP contribution in [-0.4, -0.2) is 25.9 Å². The molecule has 0 aliphatic heterocycles. The monoisotopic (exact) mass is 230 g/mol. The number of benzene rings is 1. The van der Waals surface area contributed by atoms with Crippen LogP contribution in [0.5, 0.6) is 11.5 Å². The van der Waals surface area contributed by atoms with Crippen molar-refractivity contribution in [2.24, 2.45) is 0 Å². The van der Waals surface area contributed by atoms with Crippen LogP contribution in [0.3, 0.4) is 0 Å². The number of aryl methyl sites for hydroxylation is 1. The molecule has 0 saturated heterocycles. The Balaban J connectivity index is 3.32. The first-order chi connectivity index (χ1) is 7.15. The van der Waals surface area contributed by atoms with Gasteiger partial charge in [0.15, 0.2) is 0 Å². The third kappa shape index (κ3) is 2.36. The minimum atomic E-state index is 0.0301. The van der Waals surface area contributed by atoms with Crippen LogP contribution in [0.4, 0.5) is 0 Å². The Kier molecular flexibility index (Phi) is 4.24. The quantitative estimate of drug-likeness (QED) is 0.862. The molecule has 0 fully saturated rings. The zero-order chi connectivity index (χ0) is 11.4. The Morgan fingerprint density at radius 2 is 2.00 bits per heavy atom. The van der Waals surface area contributed by atoms with E-state index in [4.69, 9.17) is 26.2 Å². The molecule has 1 aromatic rings. The lowest BCUT2D eigenvalue weighted by molar-refractivity contribution is 0.296. The first kappa shape index (κ1) is 12.1. The molecule has 0 radical (unpaired) electrons. The van der Waals surface area contributed by atoms with Gasteiger partial charge in [-0.25, -0.2) is 0 Å². The van der Waals surface area contributed by atoms with E-state index < -0.39 is 0 Å². The molecule has 0 amide bonds. The molecule has 0 atom stereocenters. The molecule has 1 aromatic carbocycles. The molecule has 1 N–H and O–H groups in total. The average Bonchev–Trinajstić information content (AvgIpc) is 2.22. The van der Waals surface area contributed by atoms with Crippen LogP contribution in [0.2, 0.25) is 5.02 Å². The summed E-state index contributed by atoms with van der Waals surface area (Å²) in [5, 5.41) is 9.46. The molecular formula is C11H15ClO3. The fraction of sp³-hybridized carbons (Fsp3) is 0.455. The van der Waals surface area contributed by atoms with E-state index in [-0.39, 0.29) is 6.61 Å². The van der Waals surface area contributed by atoms with Crippen molar-refractivity contribution in [1.82, 2.24) is 0 Å². The van der Waals surface area contributed by atoms with Crippen molar-refractivity contribution in [3.8, 4) is 11.5 Å². The number of rotatable bonds is 4. The van der Waals surface area contributed by atoms with E-state index in [1.165, 1.54) is 0 Å². The van der Waals surface area contributed by atoms with Crippen LogP contribution < -0.4 is 9.47 Å². The summed E-state index contributed by atoms with van der Waals surface area (Å²) < 4.78 is 10.4. The summed E-state index contributed by atoms with van der Waals surface area (Å²) in [6, 6.07) is 1.86. The molecule has 0 aliphatic carbocycles. The lowest BCUT2D eigenvalue weighted by atomic mass is 10.1. The van der Waals surface area contributed by atoms with Crippen LogP contribution in [0.25, 0.3) is 0 Å². The van der Waals surface area contributed by atoms with Gasteiger partial charge in [0.25, 0.3) is 0 Å². The third-order valence-corrected chi connectivity index (χ3v) is 2.65. The summed E-state index contributed by atoms with van der Waals surface area (Å²) in [4.78, 5) is 0. The van der Waals surface area contributed by atoms with Crippen molar-refractivity contribution in [1.29, 1.82) is 0 Å². The number of aliphatic hydroxyl groups is 1. The predicted molar refractivity (Wildman–Crippen MR) is 60.1 cm³/mol. The SMILES string of the molecule is COc1cc(C)c(OC)c(Cl)c1CCO. The maximum absolute atomic E-state index is 8.94. The topological polar surface area (TPSA) is 38.7 Å². The van der Waals surface area contributed by atoms with Gasteiger partial charge in [0.2, 0.25) is 0 Å². The fourth-order valence-corrected chi connectivity index (χ4v) is 1.96. The molecule has 0 unspecified atom stereocenters. The van der Waals surface area contributed by atoms with E-state index in [1.54, 1.807) is 14.2 Å². The maximum Gasteiger partial charge on any atom is 0.140 e. The van der Waals surface area contributed by atoms with E-state index >= 15 is 0 Å². The number of ether oxygens (including phenoxy) is 2. The van der Waals surface area contributed by atoms with Crippen molar-refractivity contribution in [2.45, 2.75) is 13.3 Å². The van der Waals surface area contributed by atoms with Gasteiger partial charge in [-0.15, -0.1) is 0 Å². The molecule has 4 heteroatoms. The summed E-state index contributed by atoms with van der Waals surface area (Å²) in [5.74, 6) is 1.33.